The van der Waals surface area contributed by atoms with E-state index >= 15 is 0 Å². The van der Waals surface area contributed by atoms with Gasteiger partial charge in [-0.2, -0.15) is 0 Å². The van der Waals surface area contributed by atoms with Crippen molar-refractivity contribution in [3.8, 4) is 0 Å². The van der Waals surface area contributed by atoms with Crippen LogP contribution in [-0.4, -0.2) is 9.97 Å². The zero-order valence-corrected chi connectivity index (χ0v) is 7.22. The van der Waals surface area contributed by atoms with Crippen LogP contribution in [0.25, 0.3) is 10.9 Å². The number of halogens is 2. The summed E-state index contributed by atoms with van der Waals surface area (Å²) in [5.41, 5.74) is 5.79. The van der Waals surface area contributed by atoms with Gasteiger partial charge >= 0.3 is 0 Å². The molecule has 0 atom stereocenters. The minimum absolute atomic E-state index is 0.0564. The Hall–Kier alpha value is -1.42. The van der Waals surface area contributed by atoms with E-state index in [4.69, 9.17) is 17.3 Å². The van der Waals surface area contributed by atoms with Gasteiger partial charge in [-0.05, 0) is 12.1 Å². The largest absolute Gasteiger partial charge is 0.368 e. The average molecular weight is 198 g/mol. The van der Waals surface area contributed by atoms with Crippen LogP contribution in [0.5, 0.6) is 0 Å². The summed E-state index contributed by atoms with van der Waals surface area (Å²) in [6.45, 7) is 0. The summed E-state index contributed by atoms with van der Waals surface area (Å²) < 4.78 is 13.3. The van der Waals surface area contributed by atoms with Crippen LogP contribution in [0, 0.1) is 5.82 Å². The molecule has 0 fully saturated rings. The Balaban J connectivity index is 2.87. The van der Waals surface area contributed by atoms with Crippen LogP contribution in [0.2, 0.25) is 5.02 Å². The molecule has 0 unspecified atom stereocenters. The highest BCUT2D eigenvalue weighted by Crippen LogP contribution is 2.22. The third-order valence-corrected chi connectivity index (χ3v) is 1.96. The van der Waals surface area contributed by atoms with E-state index < -0.39 is 5.82 Å². The van der Waals surface area contributed by atoms with Crippen LogP contribution in [0.4, 0.5) is 10.3 Å². The third-order valence-electron chi connectivity index (χ3n) is 1.67. The topological polar surface area (TPSA) is 51.8 Å². The Morgan fingerprint density at radius 2 is 2.15 bits per heavy atom. The standard InChI is InChI=1S/C8H5ClFN3/c9-5-1-2-6-4(7(5)10)3-12-8(11)13-6/h1-3H,(H2,11,12,13). The molecule has 0 amide bonds. The van der Waals surface area contributed by atoms with E-state index in [1.165, 1.54) is 12.3 Å². The van der Waals surface area contributed by atoms with Crippen molar-refractivity contribution >= 4 is 28.5 Å². The van der Waals surface area contributed by atoms with E-state index in [-0.39, 0.29) is 16.4 Å². The van der Waals surface area contributed by atoms with Gasteiger partial charge < -0.3 is 5.73 Å². The van der Waals surface area contributed by atoms with Gasteiger partial charge in [-0.25, -0.2) is 14.4 Å². The molecule has 66 valence electrons. The molecule has 13 heavy (non-hydrogen) atoms. The average Bonchev–Trinajstić information content (AvgIpc) is 2.12. The lowest BCUT2D eigenvalue weighted by molar-refractivity contribution is 0.639. The molecule has 3 nitrogen and oxygen atoms in total. The highest BCUT2D eigenvalue weighted by Gasteiger charge is 2.06. The second-order valence-electron chi connectivity index (χ2n) is 2.52. The van der Waals surface area contributed by atoms with E-state index in [2.05, 4.69) is 9.97 Å². The number of aromatic nitrogens is 2. The molecule has 0 aliphatic rings. The lowest BCUT2D eigenvalue weighted by Gasteiger charge is -2.00. The molecule has 0 bridgehead atoms. The summed E-state index contributed by atoms with van der Waals surface area (Å²) in [6.07, 6.45) is 1.32. The molecule has 1 heterocycles. The van der Waals surface area contributed by atoms with Gasteiger partial charge in [0.05, 0.1) is 15.9 Å². The van der Waals surface area contributed by atoms with E-state index in [1.807, 2.05) is 0 Å². The van der Waals surface area contributed by atoms with E-state index in [0.717, 1.165) is 0 Å². The van der Waals surface area contributed by atoms with E-state index in [9.17, 15) is 4.39 Å². The fraction of sp³-hybridized carbons (Fsp3) is 0. The van der Waals surface area contributed by atoms with E-state index in [1.54, 1.807) is 6.07 Å². The van der Waals surface area contributed by atoms with Crippen molar-refractivity contribution in [2.75, 3.05) is 5.73 Å². The van der Waals surface area contributed by atoms with Crippen LogP contribution < -0.4 is 5.73 Å². The van der Waals surface area contributed by atoms with Gasteiger partial charge in [0.2, 0.25) is 5.95 Å². The van der Waals surface area contributed by atoms with Crippen LogP contribution in [0.15, 0.2) is 18.3 Å². The van der Waals surface area contributed by atoms with Crippen molar-refractivity contribution in [3.05, 3.63) is 29.2 Å². The van der Waals surface area contributed by atoms with Gasteiger partial charge in [-0.1, -0.05) is 11.6 Å². The fourth-order valence-corrected chi connectivity index (χ4v) is 1.22. The van der Waals surface area contributed by atoms with Crippen molar-refractivity contribution in [1.82, 2.24) is 9.97 Å². The number of rotatable bonds is 0. The Bertz CT molecular complexity index is 472. The molecule has 0 saturated heterocycles. The Labute approximate surface area is 78.4 Å². The van der Waals surface area contributed by atoms with Crippen LogP contribution in [0.1, 0.15) is 0 Å². The van der Waals surface area contributed by atoms with Crippen molar-refractivity contribution in [2.24, 2.45) is 0 Å². The minimum atomic E-state index is -0.515. The first kappa shape index (κ1) is 8.19. The molecule has 0 aliphatic carbocycles. The van der Waals surface area contributed by atoms with Crippen LogP contribution in [-0.2, 0) is 0 Å². The maximum absolute atomic E-state index is 13.3. The molecule has 0 aliphatic heterocycles. The quantitative estimate of drug-likeness (QED) is 0.703. The molecule has 2 N–H and O–H groups in total. The van der Waals surface area contributed by atoms with Crippen molar-refractivity contribution in [2.45, 2.75) is 0 Å². The Kier molecular flexibility index (Phi) is 1.77. The summed E-state index contributed by atoms with van der Waals surface area (Å²) in [5.74, 6) is -0.395. The highest BCUT2D eigenvalue weighted by molar-refractivity contribution is 6.31. The maximum atomic E-state index is 13.3. The molecule has 2 rings (SSSR count). The smallest absolute Gasteiger partial charge is 0.220 e. The molecule has 1 aromatic carbocycles. The third kappa shape index (κ3) is 1.29. The van der Waals surface area contributed by atoms with Crippen molar-refractivity contribution < 1.29 is 4.39 Å². The Morgan fingerprint density at radius 3 is 2.92 bits per heavy atom. The normalized spacial score (nSPS) is 10.6. The van der Waals surface area contributed by atoms with Crippen LogP contribution >= 0.6 is 11.6 Å². The summed E-state index contributed by atoms with van der Waals surface area (Å²) >= 11 is 5.57. The second-order valence-corrected chi connectivity index (χ2v) is 2.93. The van der Waals surface area contributed by atoms with Crippen molar-refractivity contribution in [1.29, 1.82) is 0 Å². The number of nitrogens with two attached hydrogens (primary N) is 1. The number of hydrogen-bond acceptors (Lipinski definition) is 3. The van der Waals surface area contributed by atoms with E-state index in [0.29, 0.717) is 5.52 Å². The lowest BCUT2D eigenvalue weighted by Crippen LogP contribution is -1.95. The summed E-state index contributed by atoms with van der Waals surface area (Å²) in [5, 5.41) is 0.336. The predicted octanol–water partition coefficient (Wildman–Crippen LogP) is 2.00. The molecule has 0 saturated carbocycles. The number of benzene rings is 1. The SMILES string of the molecule is Nc1ncc2c(F)c(Cl)ccc2n1. The zero-order chi connectivity index (χ0) is 9.42. The molecule has 0 radical (unpaired) electrons. The zero-order valence-electron chi connectivity index (χ0n) is 6.46. The summed E-state index contributed by atoms with van der Waals surface area (Å²) in [4.78, 5) is 7.52. The molecule has 2 aromatic rings. The number of hydrogen-bond donors (Lipinski definition) is 1. The number of anilines is 1. The number of nitrogen functional groups attached to an aromatic ring is 1. The minimum Gasteiger partial charge on any atom is -0.368 e. The van der Waals surface area contributed by atoms with Gasteiger partial charge in [0.25, 0.3) is 0 Å². The van der Waals surface area contributed by atoms with Gasteiger partial charge in [-0.3, -0.25) is 0 Å². The van der Waals surface area contributed by atoms with Crippen molar-refractivity contribution in [3.63, 3.8) is 0 Å². The van der Waals surface area contributed by atoms with Crippen LogP contribution in [0.3, 0.4) is 0 Å². The lowest BCUT2D eigenvalue weighted by atomic mass is 10.2. The van der Waals surface area contributed by atoms with Gasteiger partial charge in [0.1, 0.15) is 0 Å². The molecular formula is C8H5ClFN3. The molecule has 1 aromatic heterocycles. The number of fused-ring (bicyclic) bond motifs is 1. The first-order chi connectivity index (χ1) is 6.18. The monoisotopic (exact) mass is 197 g/mol. The molecular weight excluding hydrogens is 193 g/mol. The van der Waals surface area contributed by atoms with Gasteiger partial charge in [0.15, 0.2) is 5.82 Å². The number of nitrogens with zero attached hydrogens (tertiary/aromatic N) is 2. The molecule has 0 spiro atoms. The maximum Gasteiger partial charge on any atom is 0.220 e. The first-order valence-corrected chi connectivity index (χ1v) is 3.92. The van der Waals surface area contributed by atoms with Gasteiger partial charge in [-0.15, -0.1) is 0 Å². The predicted molar refractivity (Wildman–Crippen MR) is 48.9 cm³/mol. The molecule has 5 heteroatoms. The second kappa shape index (κ2) is 2.81. The Morgan fingerprint density at radius 1 is 1.38 bits per heavy atom. The first-order valence-electron chi connectivity index (χ1n) is 3.55. The summed E-state index contributed by atoms with van der Waals surface area (Å²) in [6, 6.07) is 3.03. The summed E-state index contributed by atoms with van der Waals surface area (Å²) in [7, 11) is 0. The fourth-order valence-electron chi connectivity index (χ4n) is 1.06. The van der Waals surface area contributed by atoms with Gasteiger partial charge in [0, 0.05) is 6.20 Å². The highest BCUT2D eigenvalue weighted by atomic mass is 35.5.